The molecule has 0 aliphatic heterocycles. The number of hydrogen-bond donors (Lipinski definition) is 0. The number of nitrogens with zero attached hydrogens (tertiary/aromatic N) is 1. The second kappa shape index (κ2) is 8.56. The molecule has 0 radical (unpaired) electrons. The Kier molecular flexibility index (Phi) is 5.15. The second-order valence-corrected chi connectivity index (χ2v) is 10.9. The lowest BCUT2D eigenvalue weighted by Gasteiger charge is -2.27. The third kappa shape index (κ3) is 3.49. The number of aromatic nitrogens is 1. The van der Waals surface area contributed by atoms with Gasteiger partial charge in [0.1, 0.15) is 0 Å². The molecule has 0 amide bonds. The van der Waals surface area contributed by atoms with Gasteiger partial charge in [-0.1, -0.05) is 92.7 Å². The van der Waals surface area contributed by atoms with Crippen molar-refractivity contribution >= 4 is 0 Å². The number of hydrogen-bond acceptors (Lipinski definition) is 1. The summed E-state index contributed by atoms with van der Waals surface area (Å²) >= 11 is 0. The van der Waals surface area contributed by atoms with Crippen LogP contribution in [0, 0.1) is 0 Å². The third-order valence-electron chi connectivity index (χ3n) is 8.84. The fraction of sp³-hybridized carbons (Fsp3) is 0.194. The van der Waals surface area contributed by atoms with E-state index in [4.69, 9.17) is 0 Å². The van der Waals surface area contributed by atoms with Gasteiger partial charge in [-0.2, -0.15) is 0 Å². The van der Waals surface area contributed by atoms with Crippen molar-refractivity contribution < 1.29 is 0 Å². The highest BCUT2D eigenvalue weighted by Crippen LogP contribution is 2.56. The Morgan fingerprint density at radius 2 is 1.41 bits per heavy atom. The van der Waals surface area contributed by atoms with Gasteiger partial charge in [0, 0.05) is 17.2 Å². The van der Waals surface area contributed by atoms with Crippen molar-refractivity contribution in [2.75, 3.05) is 0 Å². The molecule has 0 saturated carbocycles. The molecule has 0 saturated heterocycles. The molecule has 5 aromatic rings. The summed E-state index contributed by atoms with van der Waals surface area (Å²) < 4.78 is 0. The lowest BCUT2D eigenvalue weighted by molar-refractivity contribution is 0.564. The molecule has 2 atom stereocenters. The zero-order valence-electron chi connectivity index (χ0n) is 21.5. The first-order chi connectivity index (χ1) is 18.2. The minimum atomic E-state index is -0.0102. The molecule has 37 heavy (non-hydrogen) atoms. The molecule has 4 aromatic carbocycles. The number of fused-ring (bicyclic) bond motifs is 6. The average molecular weight is 478 g/mol. The van der Waals surface area contributed by atoms with Gasteiger partial charge in [-0.25, -0.2) is 0 Å². The molecule has 1 nitrogen and oxygen atoms in total. The largest absolute Gasteiger partial charge is 0.256 e. The Morgan fingerprint density at radius 1 is 0.676 bits per heavy atom. The SMILES string of the molecule is CCC(C)c1ccc(-c2ccc3c(c2)C2(Cc4ccc(-c5ccccn5)cc4C2)c2ccccc2-3)cc1. The highest BCUT2D eigenvalue weighted by atomic mass is 14.7. The van der Waals surface area contributed by atoms with Crippen molar-refractivity contribution in [2.45, 2.75) is 44.4 Å². The summed E-state index contributed by atoms with van der Waals surface area (Å²) in [7, 11) is 0. The Morgan fingerprint density at radius 3 is 2.22 bits per heavy atom. The maximum absolute atomic E-state index is 4.60. The van der Waals surface area contributed by atoms with E-state index in [2.05, 4.69) is 116 Å². The minimum Gasteiger partial charge on any atom is -0.256 e. The van der Waals surface area contributed by atoms with Gasteiger partial charge in [-0.3, -0.25) is 4.98 Å². The summed E-state index contributed by atoms with van der Waals surface area (Å²) in [6, 6.07) is 38.6. The molecule has 2 unspecified atom stereocenters. The molecule has 1 aromatic heterocycles. The predicted octanol–water partition coefficient (Wildman–Crippen LogP) is 8.99. The minimum absolute atomic E-state index is 0.0102. The quantitative estimate of drug-likeness (QED) is 0.252. The Balaban J connectivity index is 1.33. The van der Waals surface area contributed by atoms with Gasteiger partial charge in [0.2, 0.25) is 0 Å². The second-order valence-electron chi connectivity index (χ2n) is 10.9. The van der Waals surface area contributed by atoms with Crippen LogP contribution in [0.5, 0.6) is 0 Å². The lowest BCUT2D eigenvalue weighted by atomic mass is 9.75. The number of benzene rings is 4. The Hall–Kier alpha value is -3.97. The fourth-order valence-corrected chi connectivity index (χ4v) is 6.62. The topological polar surface area (TPSA) is 12.9 Å². The summed E-state index contributed by atoms with van der Waals surface area (Å²) in [6.07, 6.45) is 5.13. The van der Waals surface area contributed by atoms with E-state index in [1.165, 1.54) is 62.1 Å². The first kappa shape index (κ1) is 22.2. The summed E-state index contributed by atoms with van der Waals surface area (Å²) in [5, 5.41) is 0. The van der Waals surface area contributed by atoms with Crippen LogP contribution in [0.15, 0.2) is 109 Å². The van der Waals surface area contributed by atoms with Crippen LogP contribution in [0.3, 0.4) is 0 Å². The summed E-state index contributed by atoms with van der Waals surface area (Å²) in [6.45, 7) is 4.57. The maximum atomic E-state index is 4.60. The highest BCUT2D eigenvalue weighted by molar-refractivity contribution is 5.85. The molecule has 2 aliphatic rings. The zero-order valence-corrected chi connectivity index (χ0v) is 21.5. The van der Waals surface area contributed by atoms with E-state index in [0.29, 0.717) is 5.92 Å². The fourth-order valence-electron chi connectivity index (χ4n) is 6.62. The van der Waals surface area contributed by atoms with Gasteiger partial charge in [-0.15, -0.1) is 0 Å². The third-order valence-corrected chi connectivity index (χ3v) is 8.84. The van der Waals surface area contributed by atoms with Gasteiger partial charge in [0.05, 0.1) is 5.69 Å². The van der Waals surface area contributed by atoms with E-state index in [0.717, 1.165) is 18.5 Å². The van der Waals surface area contributed by atoms with Crippen LogP contribution in [0.25, 0.3) is 33.5 Å². The number of rotatable bonds is 4. The van der Waals surface area contributed by atoms with Gasteiger partial charge < -0.3 is 0 Å². The molecule has 180 valence electrons. The van der Waals surface area contributed by atoms with Crippen LogP contribution in [-0.4, -0.2) is 4.98 Å². The van der Waals surface area contributed by atoms with Crippen molar-refractivity contribution in [1.82, 2.24) is 4.98 Å². The highest BCUT2D eigenvalue weighted by Gasteiger charge is 2.47. The molecular formula is C36H31N. The first-order valence-corrected chi connectivity index (χ1v) is 13.5. The van der Waals surface area contributed by atoms with Crippen LogP contribution in [0.4, 0.5) is 0 Å². The van der Waals surface area contributed by atoms with Crippen molar-refractivity contribution in [3.8, 4) is 33.5 Å². The standard InChI is InChI=1S/C36H31N/c1-3-24(2)25-11-13-26(14-12-25)27-17-18-32-31-8-4-5-9-33(31)36(34(32)21-27)22-29-16-15-28(20-30(29)23-36)35-10-6-7-19-37-35/h4-21,24H,3,22-23H2,1-2H3. The predicted molar refractivity (Wildman–Crippen MR) is 154 cm³/mol. The molecule has 0 bridgehead atoms. The molecule has 2 aliphatic carbocycles. The molecule has 7 rings (SSSR count). The zero-order chi connectivity index (χ0) is 25.0. The molecule has 1 heterocycles. The monoisotopic (exact) mass is 477 g/mol. The average Bonchev–Trinajstić information content (AvgIpc) is 3.48. The molecule has 1 spiro atoms. The molecule has 1 heteroatoms. The van der Waals surface area contributed by atoms with Crippen LogP contribution >= 0.6 is 0 Å². The van der Waals surface area contributed by atoms with Crippen molar-refractivity contribution in [2.24, 2.45) is 0 Å². The van der Waals surface area contributed by atoms with Gasteiger partial charge in [0.15, 0.2) is 0 Å². The van der Waals surface area contributed by atoms with Gasteiger partial charge in [0.25, 0.3) is 0 Å². The van der Waals surface area contributed by atoms with Crippen LogP contribution in [-0.2, 0) is 18.3 Å². The van der Waals surface area contributed by atoms with E-state index >= 15 is 0 Å². The van der Waals surface area contributed by atoms with E-state index in [1.54, 1.807) is 0 Å². The molecule has 0 N–H and O–H groups in total. The van der Waals surface area contributed by atoms with E-state index in [9.17, 15) is 0 Å². The van der Waals surface area contributed by atoms with Crippen molar-refractivity contribution in [1.29, 1.82) is 0 Å². The van der Waals surface area contributed by atoms with Crippen molar-refractivity contribution in [3.63, 3.8) is 0 Å². The maximum Gasteiger partial charge on any atom is 0.0702 e. The number of pyridine rings is 1. The Labute approximate surface area is 219 Å². The van der Waals surface area contributed by atoms with Crippen LogP contribution < -0.4 is 0 Å². The Bertz CT molecular complexity index is 1610. The van der Waals surface area contributed by atoms with E-state index in [1.807, 2.05) is 12.3 Å². The van der Waals surface area contributed by atoms with Crippen LogP contribution in [0.2, 0.25) is 0 Å². The normalized spacial score (nSPS) is 17.9. The molecular weight excluding hydrogens is 446 g/mol. The smallest absolute Gasteiger partial charge is 0.0702 e. The van der Waals surface area contributed by atoms with E-state index < -0.39 is 0 Å². The summed E-state index contributed by atoms with van der Waals surface area (Å²) in [4.78, 5) is 4.60. The van der Waals surface area contributed by atoms with Gasteiger partial charge >= 0.3 is 0 Å². The summed E-state index contributed by atoms with van der Waals surface area (Å²) in [5.41, 5.74) is 14.9. The lowest BCUT2D eigenvalue weighted by Crippen LogP contribution is -2.25. The van der Waals surface area contributed by atoms with Crippen LogP contribution in [0.1, 0.15) is 54.0 Å². The van der Waals surface area contributed by atoms with Gasteiger partial charge in [-0.05, 0) is 99.5 Å². The van der Waals surface area contributed by atoms with Crippen molar-refractivity contribution in [3.05, 3.63) is 137 Å². The van der Waals surface area contributed by atoms with E-state index in [-0.39, 0.29) is 5.41 Å². The molecule has 0 fully saturated rings. The first-order valence-electron chi connectivity index (χ1n) is 13.5. The summed E-state index contributed by atoms with van der Waals surface area (Å²) in [5.74, 6) is 0.597.